The molecule has 110 valence electrons. The van der Waals surface area contributed by atoms with E-state index in [1.54, 1.807) is 42.1 Å². The van der Waals surface area contributed by atoms with Gasteiger partial charge in [0.25, 0.3) is 0 Å². The molecule has 0 bridgehead atoms. The zero-order valence-corrected chi connectivity index (χ0v) is 12.8. The van der Waals surface area contributed by atoms with Crippen LogP contribution in [-0.4, -0.2) is 31.7 Å². The highest BCUT2D eigenvalue weighted by molar-refractivity contribution is 8.00. The minimum Gasteiger partial charge on any atom is -0.325 e. The van der Waals surface area contributed by atoms with Gasteiger partial charge >= 0.3 is 0 Å². The highest BCUT2D eigenvalue weighted by Crippen LogP contribution is 2.21. The van der Waals surface area contributed by atoms with Gasteiger partial charge < -0.3 is 9.88 Å². The second-order valence-electron chi connectivity index (χ2n) is 4.61. The molecule has 0 unspecified atom stereocenters. The molecule has 1 aromatic carbocycles. The summed E-state index contributed by atoms with van der Waals surface area (Å²) in [5.41, 5.74) is 1.28. The van der Waals surface area contributed by atoms with Gasteiger partial charge in [0, 0.05) is 18.3 Å². The lowest BCUT2D eigenvalue weighted by Gasteiger charge is -2.11. The minimum absolute atomic E-state index is 0.000850. The van der Waals surface area contributed by atoms with Crippen LogP contribution in [0.25, 0.3) is 0 Å². The number of anilines is 1. The minimum atomic E-state index is -0.305. The SMILES string of the molecule is CC(=O)c1ccc(NC(=O)[C@H](C)Sc2nncn2C)cc1. The summed E-state index contributed by atoms with van der Waals surface area (Å²) in [6.45, 7) is 3.31. The van der Waals surface area contributed by atoms with Gasteiger partial charge in [0.1, 0.15) is 6.33 Å². The second-order valence-corrected chi connectivity index (χ2v) is 5.92. The Kier molecular flexibility index (Phi) is 4.74. The number of carbonyl (C=O) groups is 2. The molecular weight excluding hydrogens is 288 g/mol. The summed E-state index contributed by atoms with van der Waals surface area (Å²) in [6, 6.07) is 6.82. The Bertz CT molecular complexity index is 651. The van der Waals surface area contributed by atoms with Crippen molar-refractivity contribution in [3.8, 4) is 0 Å². The van der Waals surface area contributed by atoms with Crippen LogP contribution in [0.2, 0.25) is 0 Å². The second kappa shape index (κ2) is 6.53. The largest absolute Gasteiger partial charge is 0.325 e. The molecule has 0 aliphatic heterocycles. The van der Waals surface area contributed by atoms with Crippen molar-refractivity contribution in [2.24, 2.45) is 7.05 Å². The summed E-state index contributed by atoms with van der Waals surface area (Å²) in [5.74, 6) is -0.127. The predicted molar refractivity (Wildman–Crippen MR) is 81.4 cm³/mol. The Morgan fingerprint density at radius 3 is 2.48 bits per heavy atom. The number of hydrogen-bond donors (Lipinski definition) is 1. The van der Waals surface area contributed by atoms with Crippen molar-refractivity contribution in [2.75, 3.05) is 5.32 Å². The zero-order chi connectivity index (χ0) is 15.4. The van der Waals surface area contributed by atoms with E-state index < -0.39 is 0 Å². The number of aromatic nitrogens is 3. The molecule has 1 aromatic heterocycles. The monoisotopic (exact) mass is 304 g/mol. The Labute approximate surface area is 127 Å². The normalized spacial score (nSPS) is 12.0. The lowest BCUT2D eigenvalue weighted by molar-refractivity contribution is -0.115. The predicted octanol–water partition coefficient (Wildman–Crippen LogP) is 2.14. The van der Waals surface area contributed by atoms with Gasteiger partial charge in [-0.2, -0.15) is 0 Å². The third-order valence-corrected chi connectivity index (χ3v) is 4.03. The Hall–Kier alpha value is -2.15. The molecule has 21 heavy (non-hydrogen) atoms. The number of aryl methyl sites for hydroxylation is 1. The molecule has 1 amide bonds. The Balaban J connectivity index is 1.97. The van der Waals surface area contributed by atoms with Gasteiger partial charge in [-0.25, -0.2) is 0 Å². The first-order valence-corrected chi connectivity index (χ1v) is 7.28. The van der Waals surface area contributed by atoms with Crippen molar-refractivity contribution in [1.29, 1.82) is 0 Å². The molecule has 0 radical (unpaired) electrons. The summed E-state index contributed by atoms with van der Waals surface area (Å²) in [6.07, 6.45) is 1.59. The van der Waals surface area contributed by atoms with Crippen molar-refractivity contribution in [2.45, 2.75) is 24.3 Å². The maximum Gasteiger partial charge on any atom is 0.237 e. The molecule has 2 aromatic rings. The zero-order valence-electron chi connectivity index (χ0n) is 12.0. The molecule has 0 saturated carbocycles. The number of thioether (sulfide) groups is 1. The molecule has 2 rings (SSSR count). The van der Waals surface area contributed by atoms with E-state index in [0.29, 0.717) is 16.4 Å². The molecule has 0 aliphatic rings. The van der Waals surface area contributed by atoms with Crippen molar-refractivity contribution in [3.63, 3.8) is 0 Å². The van der Waals surface area contributed by atoms with Crippen molar-refractivity contribution in [1.82, 2.24) is 14.8 Å². The van der Waals surface area contributed by atoms with Crippen molar-refractivity contribution >= 4 is 29.1 Å². The molecule has 1 atom stereocenters. The van der Waals surface area contributed by atoms with E-state index in [2.05, 4.69) is 15.5 Å². The lowest BCUT2D eigenvalue weighted by Crippen LogP contribution is -2.22. The van der Waals surface area contributed by atoms with Crippen LogP contribution in [0.3, 0.4) is 0 Å². The standard InChI is InChI=1S/C14H16N4O2S/c1-9(19)11-4-6-12(7-5-11)16-13(20)10(2)21-14-17-15-8-18(14)3/h4-8,10H,1-3H3,(H,16,20)/t10-/m0/s1. The smallest absolute Gasteiger partial charge is 0.237 e. The number of benzene rings is 1. The number of Topliss-reactive ketones (excluding diaryl/α,β-unsaturated/α-hetero) is 1. The number of hydrogen-bond acceptors (Lipinski definition) is 5. The van der Waals surface area contributed by atoms with Gasteiger partial charge in [0.15, 0.2) is 10.9 Å². The van der Waals surface area contributed by atoms with Crippen molar-refractivity contribution < 1.29 is 9.59 Å². The summed E-state index contributed by atoms with van der Waals surface area (Å²) >= 11 is 1.34. The van der Waals surface area contributed by atoms with Crippen molar-refractivity contribution in [3.05, 3.63) is 36.2 Å². The van der Waals surface area contributed by atoms with Crippen LogP contribution in [0.4, 0.5) is 5.69 Å². The van der Waals surface area contributed by atoms with E-state index in [-0.39, 0.29) is 16.9 Å². The third-order valence-electron chi connectivity index (χ3n) is 2.88. The highest BCUT2D eigenvalue weighted by atomic mass is 32.2. The fourth-order valence-corrected chi connectivity index (χ4v) is 2.41. The summed E-state index contributed by atoms with van der Waals surface area (Å²) < 4.78 is 1.76. The quantitative estimate of drug-likeness (QED) is 0.676. The average molecular weight is 304 g/mol. The molecule has 0 spiro atoms. The Morgan fingerprint density at radius 2 is 1.95 bits per heavy atom. The average Bonchev–Trinajstić information content (AvgIpc) is 2.84. The van der Waals surface area contributed by atoms with Crippen LogP contribution >= 0.6 is 11.8 Å². The Morgan fingerprint density at radius 1 is 1.29 bits per heavy atom. The maximum atomic E-state index is 12.1. The number of nitrogens with zero attached hydrogens (tertiary/aromatic N) is 3. The van der Waals surface area contributed by atoms with Gasteiger partial charge in [-0.3, -0.25) is 9.59 Å². The van der Waals surface area contributed by atoms with Gasteiger partial charge in [0.05, 0.1) is 5.25 Å². The fraction of sp³-hybridized carbons (Fsp3) is 0.286. The molecule has 1 heterocycles. The maximum absolute atomic E-state index is 12.1. The molecule has 6 nitrogen and oxygen atoms in total. The van der Waals surface area contributed by atoms with Gasteiger partial charge in [-0.15, -0.1) is 10.2 Å². The van der Waals surface area contributed by atoms with Crippen LogP contribution in [0, 0.1) is 0 Å². The summed E-state index contributed by atoms with van der Waals surface area (Å²) in [7, 11) is 1.83. The van der Waals surface area contributed by atoms with Gasteiger partial charge in [0.2, 0.25) is 5.91 Å². The number of nitrogens with one attached hydrogen (secondary N) is 1. The van der Waals surface area contributed by atoms with Crippen LogP contribution < -0.4 is 5.32 Å². The lowest BCUT2D eigenvalue weighted by atomic mass is 10.1. The van der Waals surface area contributed by atoms with E-state index in [1.165, 1.54) is 18.7 Å². The summed E-state index contributed by atoms with van der Waals surface area (Å²) in [4.78, 5) is 23.3. The van der Waals surface area contributed by atoms with E-state index in [9.17, 15) is 9.59 Å². The number of ketones is 1. The van der Waals surface area contributed by atoms with E-state index in [1.807, 2.05) is 7.05 Å². The first kappa shape index (κ1) is 15.2. The van der Waals surface area contributed by atoms with E-state index in [4.69, 9.17) is 0 Å². The van der Waals surface area contributed by atoms with Crippen LogP contribution in [0.15, 0.2) is 35.7 Å². The van der Waals surface area contributed by atoms with Crippen LogP contribution in [0.1, 0.15) is 24.2 Å². The van der Waals surface area contributed by atoms with E-state index >= 15 is 0 Å². The number of rotatable bonds is 5. The van der Waals surface area contributed by atoms with Crippen LogP contribution in [-0.2, 0) is 11.8 Å². The first-order chi connectivity index (χ1) is 9.97. The highest BCUT2D eigenvalue weighted by Gasteiger charge is 2.17. The van der Waals surface area contributed by atoms with Crippen LogP contribution in [0.5, 0.6) is 0 Å². The fourth-order valence-electron chi connectivity index (χ4n) is 1.62. The first-order valence-electron chi connectivity index (χ1n) is 6.40. The van der Waals surface area contributed by atoms with Gasteiger partial charge in [-0.05, 0) is 38.1 Å². The molecular formula is C14H16N4O2S. The topological polar surface area (TPSA) is 76.9 Å². The van der Waals surface area contributed by atoms with E-state index in [0.717, 1.165) is 0 Å². The molecule has 1 N–H and O–H groups in total. The number of carbonyl (C=O) groups excluding carboxylic acids is 2. The molecule has 0 fully saturated rings. The number of amides is 1. The third kappa shape index (κ3) is 3.91. The molecule has 0 aliphatic carbocycles. The molecule has 0 saturated heterocycles. The van der Waals surface area contributed by atoms with Gasteiger partial charge in [-0.1, -0.05) is 11.8 Å². The molecule has 7 heteroatoms. The summed E-state index contributed by atoms with van der Waals surface area (Å²) in [5, 5.41) is 10.9.